The number of halogens is 1. The van der Waals surface area contributed by atoms with Crippen LogP contribution in [0.5, 0.6) is 0 Å². The van der Waals surface area contributed by atoms with Gasteiger partial charge in [0.25, 0.3) is 5.91 Å². The number of rotatable bonds is 9. The van der Waals surface area contributed by atoms with E-state index in [0.29, 0.717) is 24.8 Å². The van der Waals surface area contributed by atoms with Crippen LogP contribution in [-0.2, 0) is 16.1 Å². The van der Waals surface area contributed by atoms with Crippen molar-refractivity contribution < 1.29 is 9.53 Å². The average Bonchev–Trinajstić information content (AvgIpc) is 2.53. The average molecular weight is 322 g/mol. The van der Waals surface area contributed by atoms with E-state index in [1.54, 1.807) is 6.07 Å². The Hall–Kier alpha value is -2.03. The fraction of sp³-hybridized carbons (Fsp3) is 0.375. The first-order chi connectivity index (χ1) is 10.7. The summed E-state index contributed by atoms with van der Waals surface area (Å²) in [6, 6.07) is 9.12. The maximum atomic E-state index is 11.9. The van der Waals surface area contributed by atoms with Gasteiger partial charge in [-0.25, -0.2) is 0 Å². The highest BCUT2D eigenvalue weighted by atomic mass is 35.5. The number of carbonyl (C=O) groups is 1. The van der Waals surface area contributed by atoms with E-state index in [9.17, 15) is 4.79 Å². The molecule has 0 saturated heterocycles. The van der Waals surface area contributed by atoms with E-state index >= 15 is 0 Å². The summed E-state index contributed by atoms with van der Waals surface area (Å²) in [6.07, 6.45) is 2.23. The van der Waals surface area contributed by atoms with Crippen LogP contribution >= 0.6 is 11.6 Å². The lowest BCUT2D eigenvalue weighted by molar-refractivity contribution is -0.117. The van der Waals surface area contributed by atoms with Gasteiger partial charge in [0.05, 0.1) is 0 Å². The van der Waals surface area contributed by atoms with Gasteiger partial charge in [0.1, 0.15) is 11.6 Å². The molecule has 0 fully saturated rings. The minimum absolute atomic E-state index is 0.0310. The van der Waals surface area contributed by atoms with Crippen molar-refractivity contribution in [2.24, 2.45) is 0 Å². The highest BCUT2D eigenvalue weighted by Crippen LogP contribution is 2.14. The summed E-state index contributed by atoms with van der Waals surface area (Å²) >= 11 is 6.01. The molecule has 6 heteroatoms. The third kappa shape index (κ3) is 6.61. The van der Waals surface area contributed by atoms with E-state index in [1.165, 1.54) is 6.20 Å². The Kier molecular flexibility index (Phi) is 8.73. The molecule has 1 rings (SSSR count). The Labute approximate surface area is 135 Å². The van der Waals surface area contributed by atoms with E-state index in [1.807, 2.05) is 31.2 Å². The van der Waals surface area contributed by atoms with Gasteiger partial charge in [-0.3, -0.25) is 4.79 Å². The quantitative estimate of drug-likeness (QED) is 0.416. The van der Waals surface area contributed by atoms with Crippen molar-refractivity contribution in [1.29, 1.82) is 5.26 Å². The highest BCUT2D eigenvalue weighted by molar-refractivity contribution is 6.31. The molecule has 0 aromatic heterocycles. The Balaban J connectivity index is 2.41. The van der Waals surface area contributed by atoms with Gasteiger partial charge >= 0.3 is 0 Å². The number of nitrogens with one attached hydrogen (secondary N) is 2. The lowest BCUT2D eigenvalue weighted by Crippen LogP contribution is -2.25. The monoisotopic (exact) mass is 321 g/mol. The summed E-state index contributed by atoms with van der Waals surface area (Å²) in [7, 11) is 0. The van der Waals surface area contributed by atoms with Gasteiger partial charge < -0.3 is 15.4 Å². The molecular weight excluding hydrogens is 302 g/mol. The zero-order valence-corrected chi connectivity index (χ0v) is 13.3. The maximum Gasteiger partial charge on any atom is 0.263 e. The molecule has 0 spiro atoms. The number of hydrogen-bond donors (Lipinski definition) is 2. The van der Waals surface area contributed by atoms with Crippen LogP contribution < -0.4 is 10.6 Å². The van der Waals surface area contributed by atoms with Crippen LogP contribution in [-0.4, -0.2) is 25.7 Å². The molecule has 2 N–H and O–H groups in total. The smallest absolute Gasteiger partial charge is 0.263 e. The number of amides is 1. The summed E-state index contributed by atoms with van der Waals surface area (Å²) in [5.74, 6) is -0.431. The predicted octanol–water partition coefficient (Wildman–Crippen LogP) is 2.38. The summed E-state index contributed by atoms with van der Waals surface area (Å²) in [5.41, 5.74) is 0.836. The maximum absolute atomic E-state index is 11.9. The second kappa shape index (κ2) is 10.7. The molecule has 0 aliphatic carbocycles. The van der Waals surface area contributed by atoms with Crippen molar-refractivity contribution in [2.45, 2.75) is 19.9 Å². The number of nitrogens with zero attached hydrogens (tertiary/aromatic N) is 1. The standard InChI is InChI=1S/C16H20ClN3O2/c1-2-22-9-5-8-19-11-14(10-18)16(21)20-12-13-6-3-4-7-15(13)17/h3-4,6-7,11,19H,2,5,8-9,12H2,1H3,(H,20,21)/b14-11-. The van der Waals surface area contributed by atoms with Crippen LogP contribution in [0.15, 0.2) is 36.0 Å². The summed E-state index contributed by atoms with van der Waals surface area (Å²) in [6.45, 7) is 4.19. The van der Waals surface area contributed by atoms with Gasteiger partial charge in [-0.05, 0) is 25.0 Å². The summed E-state index contributed by atoms with van der Waals surface area (Å²) in [5, 5.41) is 15.2. The fourth-order valence-corrected chi connectivity index (χ4v) is 1.86. The van der Waals surface area contributed by atoms with E-state index in [0.717, 1.165) is 12.0 Å². The topological polar surface area (TPSA) is 74.1 Å². The van der Waals surface area contributed by atoms with Gasteiger partial charge in [0, 0.05) is 37.5 Å². The Morgan fingerprint density at radius 3 is 2.91 bits per heavy atom. The third-order valence-corrected chi connectivity index (χ3v) is 3.19. The van der Waals surface area contributed by atoms with Crippen LogP contribution in [0.2, 0.25) is 5.02 Å². The molecule has 0 radical (unpaired) electrons. The van der Waals surface area contributed by atoms with Crippen molar-refractivity contribution in [3.63, 3.8) is 0 Å². The van der Waals surface area contributed by atoms with E-state index in [-0.39, 0.29) is 12.1 Å². The molecule has 0 unspecified atom stereocenters. The Morgan fingerprint density at radius 1 is 1.45 bits per heavy atom. The van der Waals surface area contributed by atoms with Crippen LogP contribution in [0.3, 0.4) is 0 Å². The normalized spacial score (nSPS) is 10.9. The molecule has 0 heterocycles. The zero-order valence-electron chi connectivity index (χ0n) is 12.6. The number of nitriles is 1. The summed E-state index contributed by atoms with van der Waals surface area (Å²) in [4.78, 5) is 11.9. The number of carbonyl (C=O) groups excluding carboxylic acids is 1. The molecule has 22 heavy (non-hydrogen) atoms. The molecule has 118 valence electrons. The van der Waals surface area contributed by atoms with Gasteiger partial charge in [-0.15, -0.1) is 0 Å². The summed E-state index contributed by atoms with van der Waals surface area (Å²) < 4.78 is 5.20. The zero-order chi connectivity index (χ0) is 16.2. The number of hydrogen-bond acceptors (Lipinski definition) is 4. The molecule has 1 aromatic carbocycles. The van der Waals surface area contributed by atoms with Crippen molar-refractivity contribution in [3.8, 4) is 6.07 Å². The van der Waals surface area contributed by atoms with E-state index in [2.05, 4.69) is 10.6 Å². The second-order valence-corrected chi connectivity index (χ2v) is 4.86. The van der Waals surface area contributed by atoms with Crippen LogP contribution in [0, 0.1) is 11.3 Å². The highest BCUT2D eigenvalue weighted by Gasteiger charge is 2.09. The van der Waals surface area contributed by atoms with Crippen molar-refractivity contribution >= 4 is 17.5 Å². The predicted molar refractivity (Wildman–Crippen MR) is 86.1 cm³/mol. The minimum atomic E-state index is -0.431. The molecule has 0 aliphatic heterocycles. The lowest BCUT2D eigenvalue weighted by Gasteiger charge is -2.07. The van der Waals surface area contributed by atoms with E-state index in [4.69, 9.17) is 21.6 Å². The van der Waals surface area contributed by atoms with Crippen LogP contribution in [0.4, 0.5) is 0 Å². The van der Waals surface area contributed by atoms with Gasteiger partial charge in [-0.2, -0.15) is 5.26 Å². The minimum Gasteiger partial charge on any atom is -0.390 e. The van der Waals surface area contributed by atoms with Gasteiger partial charge in [0.15, 0.2) is 0 Å². The van der Waals surface area contributed by atoms with Crippen molar-refractivity contribution in [1.82, 2.24) is 10.6 Å². The van der Waals surface area contributed by atoms with Crippen molar-refractivity contribution in [2.75, 3.05) is 19.8 Å². The van der Waals surface area contributed by atoms with E-state index < -0.39 is 5.91 Å². The molecule has 1 amide bonds. The largest absolute Gasteiger partial charge is 0.390 e. The Morgan fingerprint density at radius 2 is 2.23 bits per heavy atom. The van der Waals surface area contributed by atoms with Crippen LogP contribution in [0.1, 0.15) is 18.9 Å². The fourth-order valence-electron chi connectivity index (χ4n) is 1.66. The number of benzene rings is 1. The van der Waals surface area contributed by atoms with Crippen LogP contribution in [0.25, 0.3) is 0 Å². The molecule has 5 nitrogen and oxygen atoms in total. The molecule has 0 bridgehead atoms. The van der Waals surface area contributed by atoms with Gasteiger partial charge in [-0.1, -0.05) is 29.8 Å². The molecule has 0 saturated carbocycles. The first kappa shape index (κ1) is 18.0. The molecule has 0 atom stereocenters. The first-order valence-corrected chi connectivity index (χ1v) is 7.49. The molecule has 1 aromatic rings. The second-order valence-electron chi connectivity index (χ2n) is 4.45. The molecular formula is C16H20ClN3O2. The number of ether oxygens (including phenoxy) is 1. The SMILES string of the molecule is CCOCCCN/C=C(/C#N)C(=O)NCc1ccccc1Cl. The lowest BCUT2D eigenvalue weighted by atomic mass is 10.2. The first-order valence-electron chi connectivity index (χ1n) is 7.12. The molecule has 0 aliphatic rings. The third-order valence-electron chi connectivity index (χ3n) is 2.82. The Bertz CT molecular complexity index is 553. The van der Waals surface area contributed by atoms with Crippen molar-refractivity contribution in [3.05, 3.63) is 46.6 Å². The van der Waals surface area contributed by atoms with Gasteiger partial charge in [0.2, 0.25) is 0 Å².